The number of anilines is 1. The Kier molecular flexibility index (Phi) is 6.42. The number of esters is 1. The fraction of sp³-hybridized carbons (Fsp3) is 0.286. The van der Waals surface area contributed by atoms with Crippen molar-refractivity contribution in [2.45, 2.75) is 32.4 Å². The number of imidazole rings is 1. The summed E-state index contributed by atoms with van der Waals surface area (Å²) in [5, 5.41) is 3.53. The molecule has 3 aromatic carbocycles. The van der Waals surface area contributed by atoms with Gasteiger partial charge in [-0.05, 0) is 42.3 Å². The summed E-state index contributed by atoms with van der Waals surface area (Å²) in [6.45, 7) is 3.73. The van der Waals surface area contributed by atoms with Crippen LogP contribution in [0.15, 0.2) is 60.7 Å². The Labute approximate surface area is 204 Å². The molecule has 0 spiro atoms. The van der Waals surface area contributed by atoms with Crippen LogP contribution in [0.25, 0.3) is 16.7 Å². The Hall–Kier alpha value is -3.84. The van der Waals surface area contributed by atoms with Crippen molar-refractivity contribution in [3.8, 4) is 11.4 Å². The third-order valence-electron chi connectivity index (χ3n) is 6.58. The zero-order valence-electron chi connectivity index (χ0n) is 20.2. The molecule has 0 aliphatic carbocycles. The first kappa shape index (κ1) is 22.9. The molecule has 1 aliphatic heterocycles. The summed E-state index contributed by atoms with van der Waals surface area (Å²) in [4.78, 5) is 16.5. The number of rotatable bonds is 8. The molecule has 7 nitrogen and oxygen atoms in total. The van der Waals surface area contributed by atoms with E-state index in [0.29, 0.717) is 26.2 Å². The average Bonchev–Trinajstić information content (AvgIpc) is 3.44. The molecule has 0 radical (unpaired) electrons. The lowest BCUT2D eigenvalue weighted by Crippen LogP contribution is -2.09. The largest absolute Gasteiger partial charge is 0.493 e. The number of benzene rings is 3. The van der Waals surface area contributed by atoms with E-state index in [0.717, 1.165) is 39.5 Å². The lowest BCUT2D eigenvalue weighted by Gasteiger charge is -2.16. The first-order valence-corrected chi connectivity index (χ1v) is 11.7. The Morgan fingerprint density at radius 1 is 1.14 bits per heavy atom. The highest BCUT2D eigenvalue weighted by atomic mass is 16.5. The zero-order chi connectivity index (χ0) is 24.4. The predicted octanol–water partition coefficient (Wildman–Crippen LogP) is 5.13. The van der Waals surface area contributed by atoms with Crippen LogP contribution in [0.2, 0.25) is 0 Å². The first-order chi connectivity index (χ1) is 17.1. The number of fused-ring (bicyclic) bond motifs is 2. The van der Waals surface area contributed by atoms with E-state index in [1.54, 1.807) is 7.11 Å². The average molecular weight is 472 g/mol. The summed E-state index contributed by atoms with van der Waals surface area (Å²) in [5.41, 5.74) is 7.49. The van der Waals surface area contributed by atoms with Crippen molar-refractivity contribution in [2.24, 2.45) is 0 Å². The van der Waals surface area contributed by atoms with Crippen molar-refractivity contribution < 1.29 is 19.0 Å². The van der Waals surface area contributed by atoms with Crippen LogP contribution in [0, 0.1) is 6.92 Å². The van der Waals surface area contributed by atoms with E-state index < -0.39 is 0 Å². The maximum Gasteiger partial charge on any atom is 0.306 e. The van der Waals surface area contributed by atoms with Crippen LogP contribution in [0.3, 0.4) is 0 Å². The van der Waals surface area contributed by atoms with Gasteiger partial charge in [-0.1, -0.05) is 30.3 Å². The molecule has 0 amide bonds. The second-order valence-electron chi connectivity index (χ2n) is 8.74. The molecule has 0 saturated heterocycles. The van der Waals surface area contributed by atoms with Crippen LogP contribution in [0.4, 0.5) is 5.69 Å². The maximum atomic E-state index is 11.7. The minimum Gasteiger partial charge on any atom is -0.493 e. The molecule has 1 atom stereocenters. The molecular weight excluding hydrogens is 442 g/mol. The molecule has 0 bridgehead atoms. The van der Waals surface area contributed by atoms with Crippen LogP contribution in [-0.2, 0) is 27.4 Å². The second-order valence-corrected chi connectivity index (χ2v) is 8.74. The topological polar surface area (TPSA) is 74.6 Å². The third-order valence-corrected chi connectivity index (χ3v) is 6.58. The Balaban J connectivity index is 1.38. The van der Waals surface area contributed by atoms with Gasteiger partial charge in [0.2, 0.25) is 0 Å². The molecule has 5 rings (SSSR count). The van der Waals surface area contributed by atoms with Gasteiger partial charge in [0, 0.05) is 36.9 Å². The Bertz CT molecular complexity index is 1380. The van der Waals surface area contributed by atoms with Gasteiger partial charge in [-0.3, -0.25) is 9.36 Å². The van der Waals surface area contributed by atoms with E-state index in [4.69, 9.17) is 19.2 Å². The molecule has 1 aliphatic rings. The van der Waals surface area contributed by atoms with Gasteiger partial charge in [-0.15, -0.1) is 0 Å². The first-order valence-electron chi connectivity index (χ1n) is 11.7. The minimum absolute atomic E-state index is 0.0386. The quantitative estimate of drug-likeness (QED) is 0.359. The van der Waals surface area contributed by atoms with E-state index in [2.05, 4.69) is 41.1 Å². The van der Waals surface area contributed by atoms with E-state index in [1.165, 1.54) is 18.2 Å². The highest BCUT2D eigenvalue weighted by molar-refractivity contribution is 5.78. The second kappa shape index (κ2) is 9.80. The van der Waals surface area contributed by atoms with Gasteiger partial charge >= 0.3 is 5.97 Å². The molecule has 1 unspecified atom stereocenters. The molecule has 4 aromatic rings. The molecule has 180 valence electrons. The minimum atomic E-state index is -0.219. The molecular formula is C28H29N3O4. The van der Waals surface area contributed by atoms with E-state index in [1.807, 2.05) is 36.4 Å². The van der Waals surface area contributed by atoms with Crippen LogP contribution in [-0.4, -0.2) is 36.3 Å². The molecule has 1 N–H and O–H groups in total. The molecule has 35 heavy (non-hydrogen) atoms. The number of aromatic nitrogens is 2. The number of hydrogen-bond acceptors (Lipinski definition) is 6. The molecule has 2 heterocycles. The molecule has 0 saturated carbocycles. The van der Waals surface area contributed by atoms with Gasteiger partial charge in [0.05, 0.1) is 36.9 Å². The fourth-order valence-electron chi connectivity index (χ4n) is 4.71. The van der Waals surface area contributed by atoms with Crippen LogP contribution >= 0.6 is 0 Å². The molecule has 0 fully saturated rings. The lowest BCUT2D eigenvalue weighted by atomic mass is 9.97. The summed E-state index contributed by atoms with van der Waals surface area (Å²) < 4.78 is 18.3. The van der Waals surface area contributed by atoms with Crippen molar-refractivity contribution in [3.63, 3.8) is 0 Å². The van der Waals surface area contributed by atoms with Gasteiger partial charge in [0.15, 0.2) is 0 Å². The fourth-order valence-corrected chi connectivity index (χ4v) is 4.71. The maximum absolute atomic E-state index is 11.7. The predicted molar refractivity (Wildman–Crippen MR) is 135 cm³/mol. The molecule has 1 aromatic heterocycles. The van der Waals surface area contributed by atoms with Gasteiger partial charge < -0.3 is 19.5 Å². The number of hydrogen-bond donors (Lipinski definition) is 1. The highest BCUT2D eigenvalue weighted by Crippen LogP contribution is 2.38. The van der Waals surface area contributed by atoms with Crippen molar-refractivity contribution in [1.82, 2.24) is 9.55 Å². The smallest absolute Gasteiger partial charge is 0.306 e. The van der Waals surface area contributed by atoms with E-state index in [9.17, 15) is 4.79 Å². The number of para-hydroxylation sites is 2. The lowest BCUT2D eigenvalue weighted by molar-refractivity contribution is -0.141. The van der Waals surface area contributed by atoms with Crippen LogP contribution < -0.4 is 10.1 Å². The SMILES string of the molecule is COCc1nc2ccccc2n1-c1cccc(CNc2ccc3c(c2)OCC3CC(=O)OC)c1C. The normalized spacial score (nSPS) is 14.5. The standard InChI is InChI=1S/C28H29N3O4/c1-18-19(15-29-21-11-12-22-20(13-28(32)34-3)16-35-26(22)14-21)7-6-10-24(18)31-25-9-5-4-8-23(25)30-27(31)17-33-2/h4-12,14,20,29H,13,15-17H2,1-3H3. The van der Waals surface area contributed by atoms with Crippen molar-refractivity contribution in [3.05, 3.63) is 83.2 Å². The number of ether oxygens (including phenoxy) is 3. The van der Waals surface area contributed by atoms with Gasteiger partial charge in [0.1, 0.15) is 18.2 Å². The van der Waals surface area contributed by atoms with E-state index >= 15 is 0 Å². The van der Waals surface area contributed by atoms with Gasteiger partial charge in [0.25, 0.3) is 0 Å². The number of carbonyl (C=O) groups excluding carboxylic acids is 1. The van der Waals surface area contributed by atoms with Gasteiger partial charge in [-0.25, -0.2) is 4.98 Å². The number of carbonyl (C=O) groups is 1. The van der Waals surface area contributed by atoms with Crippen molar-refractivity contribution >= 4 is 22.7 Å². The van der Waals surface area contributed by atoms with Crippen LogP contribution in [0.1, 0.15) is 34.9 Å². The highest BCUT2D eigenvalue weighted by Gasteiger charge is 2.27. The Morgan fingerprint density at radius 2 is 2.00 bits per heavy atom. The third kappa shape index (κ3) is 4.47. The Morgan fingerprint density at radius 3 is 2.83 bits per heavy atom. The molecule has 7 heteroatoms. The van der Waals surface area contributed by atoms with Crippen molar-refractivity contribution in [2.75, 3.05) is 26.1 Å². The monoisotopic (exact) mass is 471 g/mol. The number of nitrogens with one attached hydrogen (secondary N) is 1. The summed E-state index contributed by atoms with van der Waals surface area (Å²) in [6.07, 6.45) is 0.330. The van der Waals surface area contributed by atoms with Crippen LogP contribution in [0.5, 0.6) is 5.75 Å². The summed E-state index contributed by atoms with van der Waals surface area (Å²) >= 11 is 0. The summed E-state index contributed by atoms with van der Waals surface area (Å²) in [6, 6.07) is 20.6. The summed E-state index contributed by atoms with van der Waals surface area (Å²) in [5.74, 6) is 1.52. The van der Waals surface area contributed by atoms with Crippen molar-refractivity contribution in [1.29, 1.82) is 0 Å². The number of methoxy groups -OCH3 is 2. The number of nitrogens with zero attached hydrogens (tertiary/aromatic N) is 2. The zero-order valence-corrected chi connectivity index (χ0v) is 20.2. The van der Waals surface area contributed by atoms with E-state index in [-0.39, 0.29) is 11.9 Å². The van der Waals surface area contributed by atoms with Gasteiger partial charge in [-0.2, -0.15) is 0 Å². The summed E-state index contributed by atoms with van der Waals surface area (Å²) in [7, 11) is 3.10.